The van der Waals surface area contributed by atoms with Crippen molar-refractivity contribution in [3.8, 4) is 0 Å². The SMILES string of the molecule is c1cn(C2CCCCC2)c(NCC2CCCCO2)n1. The van der Waals surface area contributed by atoms with Gasteiger partial charge in [-0.05, 0) is 32.1 Å². The zero-order chi connectivity index (χ0) is 12.9. The summed E-state index contributed by atoms with van der Waals surface area (Å²) in [6, 6.07) is 0.644. The van der Waals surface area contributed by atoms with Gasteiger partial charge in [-0.2, -0.15) is 0 Å². The number of hydrogen-bond donors (Lipinski definition) is 1. The van der Waals surface area contributed by atoms with E-state index in [-0.39, 0.29) is 0 Å². The molecule has 1 aromatic rings. The van der Waals surface area contributed by atoms with Gasteiger partial charge in [0.05, 0.1) is 6.10 Å². The Morgan fingerprint density at radius 2 is 2.00 bits per heavy atom. The normalized spacial score (nSPS) is 25.4. The minimum Gasteiger partial charge on any atom is -0.376 e. The molecule has 0 bridgehead atoms. The number of rotatable bonds is 4. The Labute approximate surface area is 115 Å². The maximum absolute atomic E-state index is 5.76. The quantitative estimate of drug-likeness (QED) is 0.905. The molecule has 1 unspecified atom stereocenters. The van der Waals surface area contributed by atoms with Crippen molar-refractivity contribution >= 4 is 5.95 Å². The Morgan fingerprint density at radius 1 is 1.16 bits per heavy atom. The summed E-state index contributed by atoms with van der Waals surface area (Å²) in [6.45, 7) is 1.81. The molecule has 1 N–H and O–H groups in total. The van der Waals surface area contributed by atoms with Gasteiger partial charge >= 0.3 is 0 Å². The van der Waals surface area contributed by atoms with Crippen LogP contribution < -0.4 is 5.32 Å². The van der Waals surface area contributed by atoms with Crippen LogP contribution in [0.4, 0.5) is 5.95 Å². The molecule has 1 aliphatic heterocycles. The molecule has 2 heterocycles. The molecule has 1 saturated heterocycles. The van der Waals surface area contributed by atoms with Crippen LogP contribution in [0.3, 0.4) is 0 Å². The van der Waals surface area contributed by atoms with Crippen molar-refractivity contribution in [2.75, 3.05) is 18.5 Å². The van der Waals surface area contributed by atoms with Crippen LogP contribution in [0, 0.1) is 0 Å². The molecule has 106 valence electrons. The lowest BCUT2D eigenvalue weighted by molar-refractivity contribution is 0.0246. The second kappa shape index (κ2) is 6.42. The van der Waals surface area contributed by atoms with Crippen molar-refractivity contribution < 1.29 is 4.74 Å². The Morgan fingerprint density at radius 3 is 2.79 bits per heavy atom. The average Bonchev–Trinajstić information content (AvgIpc) is 2.95. The smallest absolute Gasteiger partial charge is 0.203 e. The van der Waals surface area contributed by atoms with Gasteiger partial charge in [-0.15, -0.1) is 0 Å². The molecule has 0 spiro atoms. The third-order valence-corrected chi connectivity index (χ3v) is 4.40. The predicted octanol–water partition coefficient (Wildman–Crippen LogP) is 3.37. The van der Waals surface area contributed by atoms with Crippen LogP contribution in [0.25, 0.3) is 0 Å². The van der Waals surface area contributed by atoms with Gasteiger partial charge in [0.1, 0.15) is 0 Å². The number of imidazole rings is 1. The molecule has 1 aliphatic carbocycles. The summed E-state index contributed by atoms with van der Waals surface area (Å²) in [5.41, 5.74) is 0. The number of nitrogens with one attached hydrogen (secondary N) is 1. The van der Waals surface area contributed by atoms with Crippen LogP contribution in [-0.4, -0.2) is 28.8 Å². The molecule has 19 heavy (non-hydrogen) atoms. The summed E-state index contributed by atoms with van der Waals surface area (Å²) in [4.78, 5) is 4.47. The van der Waals surface area contributed by atoms with Crippen LogP contribution in [0.2, 0.25) is 0 Å². The summed E-state index contributed by atoms with van der Waals surface area (Å²) in [7, 11) is 0. The number of anilines is 1. The molecule has 0 amide bonds. The van der Waals surface area contributed by atoms with Gasteiger partial charge in [0.2, 0.25) is 5.95 Å². The molecule has 2 fully saturated rings. The first-order valence-electron chi connectivity index (χ1n) is 7.82. The summed E-state index contributed by atoms with van der Waals surface area (Å²) < 4.78 is 8.10. The van der Waals surface area contributed by atoms with E-state index in [1.165, 1.54) is 51.4 Å². The van der Waals surface area contributed by atoms with Crippen molar-refractivity contribution in [3.05, 3.63) is 12.4 Å². The second-order valence-electron chi connectivity index (χ2n) is 5.82. The lowest BCUT2D eigenvalue weighted by atomic mass is 9.95. The molecule has 1 atom stereocenters. The van der Waals surface area contributed by atoms with Crippen molar-refractivity contribution in [1.82, 2.24) is 9.55 Å². The maximum Gasteiger partial charge on any atom is 0.203 e. The molecule has 0 radical (unpaired) electrons. The van der Waals surface area contributed by atoms with E-state index in [1.807, 2.05) is 6.20 Å². The minimum atomic E-state index is 0.366. The van der Waals surface area contributed by atoms with Crippen LogP contribution in [0.5, 0.6) is 0 Å². The fraction of sp³-hybridized carbons (Fsp3) is 0.800. The monoisotopic (exact) mass is 263 g/mol. The fourth-order valence-corrected chi connectivity index (χ4v) is 3.28. The lowest BCUT2D eigenvalue weighted by Crippen LogP contribution is -2.28. The summed E-state index contributed by atoms with van der Waals surface area (Å²) in [6.07, 6.45) is 14.8. The van der Waals surface area contributed by atoms with E-state index in [2.05, 4.69) is 21.1 Å². The van der Waals surface area contributed by atoms with Crippen molar-refractivity contribution in [2.24, 2.45) is 0 Å². The number of hydrogen-bond acceptors (Lipinski definition) is 3. The largest absolute Gasteiger partial charge is 0.376 e. The first-order valence-corrected chi connectivity index (χ1v) is 7.82. The zero-order valence-electron chi connectivity index (χ0n) is 11.7. The van der Waals surface area contributed by atoms with Gasteiger partial charge in [-0.3, -0.25) is 0 Å². The van der Waals surface area contributed by atoms with Gasteiger partial charge in [0, 0.05) is 31.6 Å². The van der Waals surface area contributed by atoms with Crippen LogP contribution in [0.1, 0.15) is 57.4 Å². The van der Waals surface area contributed by atoms with Crippen LogP contribution in [-0.2, 0) is 4.74 Å². The van der Waals surface area contributed by atoms with Crippen molar-refractivity contribution in [1.29, 1.82) is 0 Å². The molecule has 4 nitrogen and oxygen atoms in total. The van der Waals surface area contributed by atoms with E-state index in [0.29, 0.717) is 12.1 Å². The Hall–Kier alpha value is -1.03. The Balaban J connectivity index is 1.56. The van der Waals surface area contributed by atoms with Gasteiger partial charge < -0.3 is 14.6 Å². The first kappa shape index (κ1) is 13.0. The highest BCUT2D eigenvalue weighted by molar-refractivity contribution is 5.27. The van der Waals surface area contributed by atoms with Gasteiger partial charge in [0.15, 0.2) is 0 Å². The topological polar surface area (TPSA) is 39.1 Å². The summed E-state index contributed by atoms with van der Waals surface area (Å²) in [5, 5.41) is 3.49. The van der Waals surface area contributed by atoms with Gasteiger partial charge in [0.25, 0.3) is 0 Å². The molecular formula is C15H25N3O. The number of nitrogens with zero attached hydrogens (tertiary/aromatic N) is 2. The summed E-state index contributed by atoms with van der Waals surface area (Å²) in [5.74, 6) is 1.03. The Kier molecular flexibility index (Phi) is 4.38. The number of aromatic nitrogens is 2. The highest BCUT2D eigenvalue weighted by Gasteiger charge is 2.19. The Bertz CT molecular complexity index is 378. The van der Waals surface area contributed by atoms with Crippen molar-refractivity contribution in [3.63, 3.8) is 0 Å². The maximum atomic E-state index is 5.76. The van der Waals surface area contributed by atoms with E-state index < -0.39 is 0 Å². The molecule has 1 saturated carbocycles. The van der Waals surface area contributed by atoms with E-state index >= 15 is 0 Å². The van der Waals surface area contributed by atoms with E-state index in [1.54, 1.807) is 0 Å². The minimum absolute atomic E-state index is 0.366. The zero-order valence-corrected chi connectivity index (χ0v) is 11.7. The van der Waals surface area contributed by atoms with Crippen LogP contribution >= 0.6 is 0 Å². The molecular weight excluding hydrogens is 238 g/mol. The first-order chi connectivity index (χ1) is 9.43. The molecule has 0 aromatic carbocycles. The standard InChI is InChI=1S/C15H25N3O/c1-2-6-13(7-3-1)18-10-9-16-15(18)17-12-14-8-4-5-11-19-14/h9-10,13-14H,1-8,11-12H2,(H,16,17). The van der Waals surface area contributed by atoms with Crippen LogP contribution in [0.15, 0.2) is 12.4 Å². The highest BCUT2D eigenvalue weighted by atomic mass is 16.5. The van der Waals surface area contributed by atoms with E-state index in [4.69, 9.17) is 4.74 Å². The lowest BCUT2D eigenvalue weighted by Gasteiger charge is -2.26. The molecule has 2 aliphatic rings. The third-order valence-electron chi connectivity index (χ3n) is 4.40. The number of ether oxygens (including phenoxy) is 1. The second-order valence-corrected chi connectivity index (χ2v) is 5.82. The predicted molar refractivity (Wildman–Crippen MR) is 76.4 cm³/mol. The molecule has 3 rings (SSSR count). The molecule has 4 heteroatoms. The highest BCUT2D eigenvalue weighted by Crippen LogP contribution is 2.30. The van der Waals surface area contributed by atoms with Crippen molar-refractivity contribution in [2.45, 2.75) is 63.5 Å². The van der Waals surface area contributed by atoms with Gasteiger partial charge in [-0.25, -0.2) is 4.98 Å². The average molecular weight is 263 g/mol. The van der Waals surface area contributed by atoms with E-state index in [0.717, 1.165) is 19.1 Å². The van der Waals surface area contributed by atoms with E-state index in [9.17, 15) is 0 Å². The molecule has 1 aromatic heterocycles. The third kappa shape index (κ3) is 3.30. The van der Waals surface area contributed by atoms with Gasteiger partial charge in [-0.1, -0.05) is 19.3 Å². The summed E-state index contributed by atoms with van der Waals surface area (Å²) >= 11 is 0. The fourth-order valence-electron chi connectivity index (χ4n) is 3.28.